The van der Waals surface area contributed by atoms with E-state index in [1.165, 1.54) is 0 Å². The molecule has 0 aromatic heterocycles. The lowest BCUT2D eigenvalue weighted by atomic mass is 10.1. The first-order valence-corrected chi connectivity index (χ1v) is 6.43. The molecule has 1 aromatic carbocycles. The number of carbonyl (C=O) groups excluding carboxylic acids is 1. The van der Waals surface area contributed by atoms with Crippen molar-refractivity contribution in [3.05, 3.63) is 35.9 Å². The topological polar surface area (TPSA) is 73.6 Å². The fourth-order valence-corrected chi connectivity index (χ4v) is 2.03. The van der Waals surface area contributed by atoms with Crippen molar-refractivity contribution in [1.29, 1.82) is 0 Å². The summed E-state index contributed by atoms with van der Waals surface area (Å²) in [6.07, 6.45) is -0.602. The van der Waals surface area contributed by atoms with Crippen LogP contribution in [-0.4, -0.2) is 36.8 Å². The first-order chi connectivity index (χ1) is 9.18. The lowest BCUT2D eigenvalue weighted by molar-refractivity contribution is -0.147. The van der Waals surface area contributed by atoms with E-state index in [9.17, 15) is 4.79 Å². The number of benzene rings is 1. The Morgan fingerprint density at radius 1 is 1.37 bits per heavy atom. The Bertz CT molecular complexity index is 446. The van der Waals surface area contributed by atoms with Gasteiger partial charge in [-0.15, -0.1) is 0 Å². The van der Waals surface area contributed by atoms with E-state index >= 15 is 0 Å². The molecule has 19 heavy (non-hydrogen) atoms. The van der Waals surface area contributed by atoms with Crippen LogP contribution < -0.4 is 11.1 Å². The van der Waals surface area contributed by atoms with Crippen LogP contribution in [0, 0.1) is 0 Å². The van der Waals surface area contributed by atoms with Crippen LogP contribution >= 0.6 is 12.2 Å². The number of hydrogen-bond donors (Lipinski definition) is 2. The van der Waals surface area contributed by atoms with Gasteiger partial charge >= 0.3 is 0 Å². The highest BCUT2D eigenvalue weighted by Crippen LogP contribution is 2.14. The minimum Gasteiger partial charge on any atom is -0.391 e. The number of nitrogens with one attached hydrogen (secondary N) is 1. The second-order valence-corrected chi connectivity index (χ2v) is 4.66. The Balaban J connectivity index is 2.04. The van der Waals surface area contributed by atoms with Crippen molar-refractivity contribution in [2.24, 2.45) is 5.73 Å². The van der Waals surface area contributed by atoms with Gasteiger partial charge in [0.15, 0.2) is 6.10 Å². The highest BCUT2D eigenvalue weighted by molar-refractivity contribution is 7.80. The summed E-state index contributed by atoms with van der Waals surface area (Å²) in [6, 6.07) is 8.86. The molecule has 102 valence electrons. The van der Waals surface area contributed by atoms with Crippen molar-refractivity contribution in [2.75, 3.05) is 19.8 Å². The lowest BCUT2D eigenvalue weighted by Gasteiger charge is -2.25. The van der Waals surface area contributed by atoms with Crippen LogP contribution in [0.3, 0.4) is 0 Å². The Morgan fingerprint density at radius 2 is 2.11 bits per heavy atom. The molecule has 3 N–H and O–H groups in total. The van der Waals surface area contributed by atoms with Gasteiger partial charge in [0, 0.05) is 0 Å². The molecule has 0 spiro atoms. The molecule has 0 saturated carbocycles. The molecule has 0 bridgehead atoms. The summed E-state index contributed by atoms with van der Waals surface area (Å²) in [4.78, 5) is 12.3. The molecule has 2 unspecified atom stereocenters. The number of carbonyl (C=O) groups is 1. The molecule has 1 amide bonds. The van der Waals surface area contributed by atoms with Crippen LogP contribution in [0.5, 0.6) is 0 Å². The summed E-state index contributed by atoms with van der Waals surface area (Å²) in [5.74, 6) is -0.263. The largest absolute Gasteiger partial charge is 0.391 e. The van der Waals surface area contributed by atoms with Gasteiger partial charge in [0.05, 0.1) is 19.8 Å². The molecule has 1 saturated heterocycles. The Morgan fingerprint density at radius 3 is 2.68 bits per heavy atom. The van der Waals surface area contributed by atoms with Gasteiger partial charge in [-0.05, 0) is 5.56 Å². The highest BCUT2D eigenvalue weighted by atomic mass is 32.1. The van der Waals surface area contributed by atoms with Crippen LogP contribution in [0.1, 0.15) is 11.6 Å². The molecule has 1 heterocycles. The van der Waals surface area contributed by atoms with Gasteiger partial charge in [0.2, 0.25) is 0 Å². The fourth-order valence-electron chi connectivity index (χ4n) is 1.84. The molecular formula is C13H16N2O3S. The van der Waals surface area contributed by atoms with E-state index in [1.807, 2.05) is 30.3 Å². The fraction of sp³-hybridized carbons (Fsp3) is 0.385. The van der Waals surface area contributed by atoms with Gasteiger partial charge in [-0.3, -0.25) is 4.79 Å². The zero-order valence-electron chi connectivity index (χ0n) is 10.4. The van der Waals surface area contributed by atoms with Crippen molar-refractivity contribution < 1.29 is 14.3 Å². The lowest BCUT2D eigenvalue weighted by Crippen LogP contribution is -2.46. The third-order valence-corrected chi connectivity index (χ3v) is 3.05. The number of rotatable bonds is 4. The van der Waals surface area contributed by atoms with Gasteiger partial charge in [-0.1, -0.05) is 42.5 Å². The third-order valence-electron chi connectivity index (χ3n) is 2.81. The molecule has 1 aliphatic heterocycles. The molecule has 5 nitrogen and oxygen atoms in total. The summed E-state index contributed by atoms with van der Waals surface area (Å²) >= 11 is 5.01. The van der Waals surface area contributed by atoms with E-state index in [0.717, 1.165) is 5.56 Å². The first-order valence-electron chi connectivity index (χ1n) is 6.02. The quantitative estimate of drug-likeness (QED) is 0.788. The molecule has 1 aromatic rings. The SMILES string of the molecule is NC(=S)C(NC(=O)C1COCCO1)c1ccccc1. The van der Waals surface area contributed by atoms with Gasteiger partial charge in [0.1, 0.15) is 11.0 Å². The number of thiocarbonyl (C=S) groups is 1. The van der Waals surface area contributed by atoms with Crippen LogP contribution in [-0.2, 0) is 14.3 Å². The van der Waals surface area contributed by atoms with E-state index in [1.54, 1.807) is 0 Å². The molecule has 0 radical (unpaired) electrons. The summed E-state index contributed by atoms with van der Waals surface area (Å²) < 4.78 is 10.5. The normalized spacial score (nSPS) is 20.5. The molecular weight excluding hydrogens is 264 g/mol. The van der Waals surface area contributed by atoms with Crippen molar-refractivity contribution in [2.45, 2.75) is 12.1 Å². The third kappa shape index (κ3) is 3.73. The van der Waals surface area contributed by atoms with Crippen LogP contribution in [0.4, 0.5) is 0 Å². The van der Waals surface area contributed by atoms with Crippen molar-refractivity contribution in [1.82, 2.24) is 5.32 Å². The average Bonchev–Trinajstić information content (AvgIpc) is 2.46. The van der Waals surface area contributed by atoms with Crippen molar-refractivity contribution in [3.63, 3.8) is 0 Å². The highest BCUT2D eigenvalue weighted by Gasteiger charge is 2.26. The molecule has 2 rings (SSSR count). The average molecular weight is 280 g/mol. The maximum Gasteiger partial charge on any atom is 0.252 e. The second kappa shape index (κ2) is 6.60. The van der Waals surface area contributed by atoms with Gasteiger partial charge in [-0.25, -0.2) is 0 Å². The maximum absolute atomic E-state index is 12.1. The first kappa shape index (κ1) is 13.9. The summed E-state index contributed by atoms with van der Waals surface area (Å²) in [6.45, 7) is 1.19. The molecule has 0 aliphatic carbocycles. The molecule has 1 aliphatic rings. The summed E-state index contributed by atoms with van der Waals surface area (Å²) in [5.41, 5.74) is 6.54. The minimum atomic E-state index is -0.602. The smallest absolute Gasteiger partial charge is 0.252 e. The molecule has 1 fully saturated rings. The van der Waals surface area contributed by atoms with E-state index in [0.29, 0.717) is 13.2 Å². The summed E-state index contributed by atoms with van der Waals surface area (Å²) in [5, 5.41) is 2.79. The molecule has 2 atom stereocenters. The Labute approximate surface area is 117 Å². The number of nitrogens with two attached hydrogens (primary N) is 1. The van der Waals surface area contributed by atoms with E-state index < -0.39 is 12.1 Å². The van der Waals surface area contributed by atoms with Crippen LogP contribution in [0.15, 0.2) is 30.3 Å². The minimum absolute atomic E-state index is 0.219. The van der Waals surface area contributed by atoms with E-state index in [4.69, 9.17) is 27.4 Å². The van der Waals surface area contributed by atoms with Crippen molar-refractivity contribution >= 4 is 23.1 Å². The Hall–Kier alpha value is -1.50. The van der Waals surface area contributed by atoms with E-state index in [2.05, 4.69) is 5.32 Å². The Kier molecular flexibility index (Phi) is 4.84. The zero-order chi connectivity index (χ0) is 13.7. The van der Waals surface area contributed by atoms with Crippen molar-refractivity contribution in [3.8, 4) is 0 Å². The predicted molar refractivity (Wildman–Crippen MR) is 74.7 cm³/mol. The maximum atomic E-state index is 12.1. The van der Waals surface area contributed by atoms with Gasteiger partial charge < -0.3 is 20.5 Å². The van der Waals surface area contributed by atoms with Gasteiger partial charge in [0.25, 0.3) is 5.91 Å². The van der Waals surface area contributed by atoms with Crippen LogP contribution in [0.2, 0.25) is 0 Å². The molecule has 6 heteroatoms. The number of ether oxygens (including phenoxy) is 2. The standard InChI is InChI=1S/C13H16N2O3S/c14-12(19)11(9-4-2-1-3-5-9)15-13(16)10-8-17-6-7-18-10/h1-5,10-11H,6-8H2,(H2,14,19)(H,15,16). The second-order valence-electron chi connectivity index (χ2n) is 4.19. The monoisotopic (exact) mass is 280 g/mol. The van der Waals surface area contributed by atoms with Gasteiger partial charge in [-0.2, -0.15) is 0 Å². The zero-order valence-corrected chi connectivity index (χ0v) is 11.2. The number of hydrogen-bond acceptors (Lipinski definition) is 4. The predicted octanol–water partition coefficient (Wildman–Crippen LogP) is 0.545. The van der Waals surface area contributed by atoms with E-state index in [-0.39, 0.29) is 17.5 Å². The summed E-state index contributed by atoms with van der Waals surface area (Å²) in [7, 11) is 0. The number of amides is 1. The van der Waals surface area contributed by atoms with Crippen LogP contribution in [0.25, 0.3) is 0 Å².